The lowest BCUT2D eigenvalue weighted by atomic mass is 10.1. The quantitative estimate of drug-likeness (QED) is 0.853. The predicted molar refractivity (Wildman–Crippen MR) is 90.3 cm³/mol. The lowest BCUT2D eigenvalue weighted by Crippen LogP contribution is -2.32. The van der Waals surface area contributed by atoms with E-state index in [1.54, 1.807) is 19.2 Å². The molecule has 1 aromatic carbocycles. The molecule has 1 amide bonds. The van der Waals surface area contributed by atoms with Crippen LogP contribution in [0.1, 0.15) is 50.5 Å². The Balaban J connectivity index is 2.10. The maximum atomic E-state index is 12.5. The number of aromatic nitrogens is 1. The highest BCUT2D eigenvalue weighted by molar-refractivity contribution is 7.13. The van der Waals surface area contributed by atoms with Gasteiger partial charge in [0.25, 0.3) is 5.91 Å². The fourth-order valence-corrected chi connectivity index (χ4v) is 3.13. The van der Waals surface area contributed by atoms with Gasteiger partial charge in [0.1, 0.15) is 10.6 Å². The van der Waals surface area contributed by atoms with Gasteiger partial charge in [0, 0.05) is 18.5 Å². The third-order valence-electron chi connectivity index (χ3n) is 3.42. The number of amides is 1. The fraction of sp³-hybridized carbons (Fsp3) is 0.353. The van der Waals surface area contributed by atoms with Gasteiger partial charge in [-0.1, -0.05) is 13.8 Å². The number of rotatable bonds is 5. The summed E-state index contributed by atoms with van der Waals surface area (Å²) in [6, 6.07) is 6.00. The molecule has 0 saturated heterocycles. The highest BCUT2D eigenvalue weighted by atomic mass is 32.1. The minimum atomic E-state index is -0.195. The summed E-state index contributed by atoms with van der Waals surface area (Å²) in [4.78, 5) is 31.1. The Bertz CT molecular complexity index is 720. The van der Waals surface area contributed by atoms with Crippen LogP contribution in [-0.2, 0) is 0 Å². The molecule has 0 aliphatic heterocycles. The van der Waals surface area contributed by atoms with E-state index in [0.717, 1.165) is 5.01 Å². The molecule has 1 aromatic heterocycles. The molecule has 0 saturated carbocycles. The van der Waals surface area contributed by atoms with Crippen molar-refractivity contribution in [1.29, 1.82) is 0 Å². The van der Waals surface area contributed by atoms with Crippen LogP contribution in [0.25, 0.3) is 0 Å². The molecule has 0 aliphatic carbocycles. The molecule has 122 valence electrons. The Kier molecular flexibility index (Phi) is 5.15. The largest absolute Gasteiger partial charge is 0.508 e. The molecule has 0 radical (unpaired) electrons. The molecule has 0 fully saturated rings. The first-order valence-corrected chi connectivity index (χ1v) is 8.16. The number of aromatic hydroxyl groups is 1. The van der Waals surface area contributed by atoms with Gasteiger partial charge in [-0.05, 0) is 31.2 Å². The predicted octanol–water partition coefficient (Wildman–Crippen LogP) is 3.24. The molecule has 0 bridgehead atoms. The van der Waals surface area contributed by atoms with Gasteiger partial charge in [-0.25, -0.2) is 4.98 Å². The van der Waals surface area contributed by atoms with Gasteiger partial charge in [-0.15, -0.1) is 11.3 Å². The summed E-state index contributed by atoms with van der Waals surface area (Å²) >= 11 is 1.38. The number of carbonyl (C=O) groups excluding carboxylic acids is 2. The van der Waals surface area contributed by atoms with Crippen LogP contribution in [0.5, 0.6) is 5.75 Å². The van der Waals surface area contributed by atoms with Gasteiger partial charge in [0.2, 0.25) is 0 Å². The van der Waals surface area contributed by atoms with E-state index >= 15 is 0 Å². The van der Waals surface area contributed by atoms with Crippen LogP contribution in [0.2, 0.25) is 0 Å². The monoisotopic (exact) mass is 332 g/mol. The van der Waals surface area contributed by atoms with Crippen LogP contribution in [0.4, 0.5) is 0 Å². The first-order valence-electron chi connectivity index (χ1n) is 7.34. The van der Waals surface area contributed by atoms with Crippen LogP contribution in [0.3, 0.4) is 0 Å². The zero-order valence-corrected chi connectivity index (χ0v) is 14.5. The Morgan fingerprint density at radius 1 is 1.26 bits per heavy atom. The molecule has 0 unspecified atom stereocenters. The van der Waals surface area contributed by atoms with Crippen molar-refractivity contribution < 1.29 is 14.7 Å². The van der Waals surface area contributed by atoms with Crippen molar-refractivity contribution in [3.8, 4) is 5.75 Å². The molecule has 6 heteroatoms. The van der Waals surface area contributed by atoms with Crippen molar-refractivity contribution in [2.75, 3.05) is 13.6 Å². The van der Waals surface area contributed by atoms with Gasteiger partial charge >= 0.3 is 0 Å². The van der Waals surface area contributed by atoms with Gasteiger partial charge < -0.3 is 10.0 Å². The standard InChI is InChI=1S/C17H20N2O3S/c1-10(2)16-18-11(3)15(23-16)17(22)19(4)9-14(21)12-5-7-13(20)8-6-12/h5-8,10,20H,9H2,1-4H3. The molecule has 0 atom stereocenters. The third-order valence-corrected chi connectivity index (χ3v) is 4.86. The summed E-state index contributed by atoms with van der Waals surface area (Å²) in [5, 5.41) is 10.2. The summed E-state index contributed by atoms with van der Waals surface area (Å²) in [7, 11) is 1.61. The first kappa shape index (κ1) is 17.1. The number of nitrogens with zero attached hydrogens (tertiary/aromatic N) is 2. The highest BCUT2D eigenvalue weighted by Gasteiger charge is 2.21. The summed E-state index contributed by atoms with van der Waals surface area (Å²) in [6.07, 6.45) is 0. The number of hydrogen-bond donors (Lipinski definition) is 1. The highest BCUT2D eigenvalue weighted by Crippen LogP contribution is 2.25. The van der Waals surface area contributed by atoms with Gasteiger partial charge in [-0.2, -0.15) is 0 Å². The minimum absolute atomic E-state index is 0.0159. The number of benzene rings is 1. The number of carbonyl (C=O) groups is 2. The van der Waals surface area contributed by atoms with Crippen LogP contribution in [0.15, 0.2) is 24.3 Å². The van der Waals surface area contributed by atoms with E-state index in [4.69, 9.17) is 0 Å². The number of likely N-dealkylation sites (N-methyl/N-ethyl adjacent to an activating group) is 1. The van der Waals surface area contributed by atoms with Crippen LogP contribution in [-0.4, -0.2) is 40.3 Å². The van der Waals surface area contributed by atoms with Crippen molar-refractivity contribution in [1.82, 2.24) is 9.88 Å². The van der Waals surface area contributed by atoms with E-state index < -0.39 is 0 Å². The smallest absolute Gasteiger partial charge is 0.266 e. The topological polar surface area (TPSA) is 70.5 Å². The van der Waals surface area contributed by atoms with E-state index in [1.807, 2.05) is 20.8 Å². The van der Waals surface area contributed by atoms with Crippen molar-refractivity contribution in [2.24, 2.45) is 0 Å². The van der Waals surface area contributed by atoms with Crippen LogP contribution < -0.4 is 0 Å². The molecular weight excluding hydrogens is 312 g/mol. The second kappa shape index (κ2) is 6.91. The zero-order valence-electron chi connectivity index (χ0n) is 13.7. The van der Waals surface area contributed by atoms with E-state index in [-0.39, 0.29) is 29.9 Å². The third kappa shape index (κ3) is 3.96. The molecule has 2 aromatic rings. The van der Waals surface area contributed by atoms with Crippen molar-refractivity contribution in [3.05, 3.63) is 45.4 Å². The molecular formula is C17H20N2O3S. The van der Waals surface area contributed by atoms with Gasteiger partial charge in [0.15, 0.2) is 5.78 Å². The van der Waals surface area contributed by atoms with Crippen molar-refractivity contribution >= 4 is 23.0 Å². The maximum Gasteiger partial charge on any atom is 0.266 e. The van der Waals surface area contributed by atoms with Crippen LogP contribution in [0, 0.1) is 6.92 Å². The zero-order chi connectivity index (χ0) is 17.1. The Morgan fingerprint density at radius 2 is 1.87 bits per heavy atom. The van der Waals surface area contributed by atoms with Gasteiger partial charge in [0.05, 0.1) is 17.2 Å². The fourth-order valence-electron chi connectivity index (χ4n) is 2.06. The second-order valence-electron chi connectivity index (χ2n) is 5.75. The number of aryl methyl sites for hydroxylation is 1. The number of Topliss-reactive ketones (excluding diaryl/α,β-unsaturated/α-hetero) is 1. The normalized spacial score (nSPS) is 10.8. The van der Waals surface area contributed by atoms with Crippen LogP contribution >= 0.6 is 11.3 Å². The Morgan fingerprint density at radius 3 is 2.39 bits per heavy atom. The van der Waals surface area contributed by atoms with E-state index in [1.165, 1.54) is 28.4 Å². The summed E-state index contributed by atoms with van der Waals surface area (Å²) in [6.45, 7) is 5.86. The minimum Gasteiger partial charge on any atom is -0.508 e. The second-order valence-corrected chi connectivity index (χ2v) is 6.78. The number of thiazole rings is 1. The molecule has 1 N–H and O–H groups in total. The number of phenols is 1. The van der Waals surface area contributed by atoms with E-state index in [0.29, 0.717) is 16.1 Å². The molecule has 1 heterocycles. The number of phenolic OH excluding ortho intramolecular Hbond substituents is 1. The maximum absolute atomic E-state index is 12.5. The summed E-state index contributed by atoms with van der Waals surface area (Å²) in [5.41, 5.74) is 1.17. The molecule has 0 spiro atoms. The molecule has 5 nitrogen and oxygen atoms in total. The average Bonchev–Trinajstić information content (AvgIpc) is 2.89. The van der Waals surface area contributed by atoms with Crippen molar-refractivity contribution in [2.45, 2.75) is 26.7 Å². The average molecular weight is 332 g/mol. The first-order chi connectivity index (χ1) is 10.8. The Labute approximate surface area is 139 Å². The molecule has 0 aliphatic rings. The van der Waals surface area contributed by atoms with Gasteiger partial charge in [-0.3, -0.25) is 9.59 Å². The lowest BCUT2D eigenvalue weighted by Gasteiger charge is -2.15. The lowest BCUT2D eigenvalue weighted by molar-refractivity contribution is 0.0750. The number of ketones is 1. The van der Waals surface area contributed by atoms with Crippen molar-refractivity contribution in [3.63, 3.8) is 0 Å². The molecule has 2 rings (SSSR count). The number of hydrogen-bond acceptors (Lipinski definition) is 5. The van der Waals surface area contributed by atoms with E-state index in [9.17, 15) is 14.7 Å². The summed E-state index contributed by atoms with van der Waals surface area (Å²) in [5.74, 6) is 0.00259. The molecule has 23 heavy (non-hydrogen) atoms. The van der Waals surface area contributed by atoms with E-state index in [2.05, 4.69) is 4.98 Å². The SMILES string of the molecule is Cc1nc(C(C)C)sc1C(=O)N(C)CC(=O)c1ccc(O)cc1. The Hall–Kier alpha value is -2.21. The summed E-state index contributed by atoms with van der Waals surface area (Å²) < 4.78 is 0.